The van der Waals surface area contributed by atoms with Gasteiger partial charge in [0.2, 0.25) is 5.88 Å². The van der Waals surface area contributed by atoms with Gasteiger partial charge in [-0.1, -0.05) is 17.3 Å². The fourth-order valence-corrected chi connectivity index (χ4v) is 2.77. The molecule has 1 aromatic carbocycles. The summed E-state index contributed by atoms with van der Waals surface area (Å²) in [4.78, 5) is 16.2. The maximum Gasteiger partial charge on any atom is 0.326 e. The molecule has 1 aliphatic rings. The third kappa shape index (κ3) is 3.61. The van der Waals surface area contributed by atoms with Gasteiger partial charge in [-0.25, -0.2) is 9.78 Å². The Bertz CT molecular complexity index is 946. The number of urea groups is 1. The van der Waals surface area contributed by atoms with Crippen LogP contribution in [0.3, 0.4) is 0 Å². The molecule has 2 amide bonds. The minimum absolute atomic E-state index is 0.146. The molecule has 0 bridgehead atoms. The molecule has 2 aromatic heterocycles. The second kappa shape index (κ2) is 6.73. The zero-order chi connectivity index (χ0) is 18.9. The number of hydrogen-bond acceptors (Lipinski definition) is 6. The molecule has 4 rings (SSSR count). The smallest absolute Gasteiger partial charge is 0.326 e. The SMILES string of the molecule is CC1(c2cc(NC(=O)Nc3ccc(-c4ccc(N)nc4)cc3)on2)COC1. The van der Waals surface area contributed by atoms with Gasteiger partial charge in [-0.15, -0.1) is 0 Å². The summed E-state index contributed by atoms with van der Waals surface area (Å²) in [7, 11) is 0. The highest BCUT2D eigenvalue weighted by Crippen LogP contribution is 2.32. The summed E-state index contributed by atoms with van der Waals surface area (Å²) in [6, 6.07) is 12.4. The zero-order valence-corrected chi connectivity index (χ0v) is 14.7. The van der Waals surface area contributed by atoms with Gasteiger partial charge in [0, 0.05) is 23.5 Å². The highest BCUT2D eigenvalue weighted by Gasteiger charge is 2.38. The number of anilines is 3. The Morgan fingerprint density at radius 2 is 1.85 bits per heavy atom. The van der Waals surface area contributed by atoms with E-state index < -0.39 is 6.03 Å². The number of nitrogens with zero attached hydrogens (tertiary/aromatic N) is 2. The Hall–Kier alpha value is -3.39. The average molecular weight is 365 g/mol. The highest BCUT2D eigenvalue weighted by molar-refractivity contribution is 5.99. The summed E-state index contributed by atoms with van der Waals surface area (Å²) in [6.45, 7) is 3.23. The van der Waals surface area contributed by atoms with Gasteiger partial charge in [-0.3, -0.25) is 5.32 Å². The first-order chi connectivity index (χ1) is 13.0. The van der Waals surface area contributed by atoms with Gasteiger partial charge in [-0.2, -0.15) is 0 Å². The minimum Gasteiger partial charge on any atom is -0.384 e. The standard InChI is InChI=1S/C19H19N5O3/c1-19(10-26-11-19)15-8-17(27-24-15)23-18(25)22-14-5-2-12(3-6-14)13-4-7-16(20)21-9-13/h2-9H,10-11H2,1H3,(H2,20,21)(H2,22,23,25). The second-order valence-corrected chi connectivity index (χ2v) is 6.76. The van der Waals surface area contributed by atoms with Crippen molar-refractivity contribution in [3.05, 3.63) is 54.4 Å². The van der Waals surface area contributed by atoms with Crippen LogP contribution in [-0.2, 0) is 10.2 Å². The van der Waals surface area contributed by atoms with E-state index in [-0.39, 0.29) is 5.41 Å². The summed E-state index contributed by atoms with van der Waals surface area (Å²) in [5.41, 5.74) is 8.80. The van der Waals surface area contributed by atoms with E-state index >= 15 is 0 Å². The van der Waals surface area contributed by atoms with E-state index in [1.165, 1.54) is 0 Å². The third-order valence-electron chi connectivity index (χ3n) is 4.47. The van der Waals surface area contributed by atoms with Gasteiger partial charge < -0.3 is 20.3 Å². The lowest BCUT2D eigenvalue weighted by atomic mass is 9.85. The summed E-state index contributed by atoms with van der Waals surface area (Å²) in [5, 5.41) is 9.40. The normalized spacial score (nSPS) is 15.0. The first-order valence-corrected chi connectivity index (χ1v) is 8.47. The van der Waals surface area contributed by atoms with Gasteiger partial charge in [-0.05, 0) is 36.8 Å². The van der Waals surface area contributed by atoms with Crippen LogP contribution in [0.2, 0.25) is 0 Å². The Labute approximate surface area is 155 Å². The molecule has 27 heavy (non-hydrogen) atoms. The third-order valence-corrected chi connectivity index (χ3v) is 4.47. The largest absolute Gasteiger partial charge is 0.384 e. The van der Waals surface area contributed by atoms with Crippen molar-refractivity contribution < 1.29 is 14.1 Å². The first kappa shape index (κ1) is 17.0. The summed E-state index contributed by atoms with van der Waals surface area (Å²) in [6.07, 6.45) is 1.71. The van der Waals surface area contributed by atoms with Crippen LogP contribution in [0.5, 0.6) is 0 Å². The van der Waals surface area contributed by atoms with Crippen LogP contribution in [0.4, 0.5) is 22.2 Å². The fourth-order valence-electron chi connectivity index (χ4n) is 2.77. The van der Waals surface area contributed by atoms with E-state index in [1.807, 2.05) is 37.3 Å². The van der Waals surface area contributed by atoms with Crippen LogP contribution in [-0.4, -0.2) is 29.4 Å². The van der Waals surface area contributed by atoms with Crippen molar-refractivity contribution >= 4 is 23.4 Å². The maximum absolute atomic E-state index is 12.2. The van der Waals surface area contributed by atoms with Gasteiger partial charge in [0.1, 0.15) is 5.82 Å². The Balaban J connectivity index is 1.37. The molecule has 0 spiro atoms. The predicted molar refractivity (Wildman–Crippen MR) is 101 cm³/mol. The molecular formula is C19H19N5O3. The number of aromatic nitrogens is 2. The van der Waals surface area contributed by atoms with E-state index in [0.29, 0.717) is 30.6 Å². The molecule has 8 nitrogen and oxygen atoms in total. The lowest BCUT2D eigenvalue weighted by Crippen LogP contribution is -2.44. The van der Waals surface area contributed by atoms with Crippen molar-refractivity contribution in [2.75, 3.05) is 29.6 Å². The molecule has 1 aliphatic heterocycles. The molecule has 0 saturated carbocycles. The molecule has 0 atom stereocenters. The predicted octanol–water partition coefficient (Wildman–Crippen LogP) is 3.25. The van der Waals surface area contributed by atoms with E-state index in [0.717, 1.165) is 16.8 Å². The van der Waals surface area contributed by atoms with E-state index in [4.69, 9.17) is 15.0 Å². The number of carbonyl (C=O) groups excluding carboxylic acids is 1. The number of pyridine rings is 1. The molecule has 8 heteroatoms. The molecule has 3 heterocycles. The molecule has 0 unspecified atom stereocenters. The van der Waals surface area contributed by atoms with Gasteiger partial charge in [0.25, 0.3) is 0 Å². The topological polar surface area (TPSA) is 115 Å². The van der Waals surface area contributed by atoms with Crippen molar-refractivity contribution in [1.29, 1.82) is 0 Å². The van der Waals surface area contributed by atoms with E-state index in [2.05, 4.69) is 20.8 Å². The Kier molecular flexibility index (Phi) is 4.25. The number of nitrogens with one attached hydrogen (secondary N) is 2. The number of amides is 2. The number of nitrogen functional groups attached to an aromatic ring is 1. The van der Waals surface area contributed by atoms with E-state index in [9.17, 15) is 4.79 Å². The monoisotopic (exact) mass is 365 g/mol. The number of benzene rings is 1. The average Bonchev–Trinajstić information content (AvgIpc) is 3.10. The number of nitrogens with two attached hydrogens (primary N) is 1. The van der Waals surface area contributed by atoms with Crippen molar-refractivity contribution in [2.45, 2.75) is 12.3 Å². The molecule has 1 saturated heterocycles. The molecule has 4 N–H and O–H groups in total. The van der Waals surface area contributed by atoms with Gasteiger partial charge in [0.05, 0.1) is 24.3 Å². The quantitative estimate of drug-likeness (QED) is 0.654. The van der Waals surface area contributed by atoms with Crippen molar-refractivity contribution in [2.24, 2.45) is 0 Å². The Morgan fingerprint density at radius 3 is 2.48 bits per heavy atom. The summed E-state index contributed by atoms with van der Waals surface area (Å²) in [5.74, 6) is 0.767. The van der Waals surface area contributed by atoms with Crippen LogP contribution in [0.1, 0.15) is 12.6 Å². The molecule has 3 aromatic rings. The Morgan fingerprint density at radius 1 is 1.11 bits per heavy atom. The highest BCUT2D eigenvalue weighted by atomic mass is 16.5. The second-order valence-electron chi connectivity index (χ2n) is 6.76. The lowest BCUT2D eigenvalue weighted by Gasteiger charge is -2.35. The summed E-state index contributed by atoms with van der Waals surface area (Å²) >= 11 is 0. The number of carbonyl (C=O) groups is 1. The number of rotatable bonds is 4. The van der Waals surface area contributed by atoms with Crippen LogP contribution < -0.4 is 16.4 Å². The van der Waals surface area contributed by atoms with Gasteiger partial charge in [0.15, 0.2) is 0 Å². The van der Waals surface area contributed by atoms with Gasteiger partial charge >= 0.3 is 6.03 Å². The van der Waals surface area contributed by atoms with Crippen molar-refractivity contribution in [1.82, 2.24) is 10.1 Å². The molecule has 138 valence electrons. The van der Waals surface area contributed by atoms with Crippen LogP contribution in [0.25, 0.3) is 11.1 Å². The molecule has 1 fully saturated rings. The van der Waals surface area contributed by atoms with Crippen molar-refractivity contribution in [3.63, 3.8) is 0 Å². The zero-order valence-electron chi connectivity index (χ0n) is 14.7. The molecule has 0 radical (unpaired) electrons. The molecular weight excluding hydrogens is 346 g/mol. The number of hydrogen-bond donors (Lipinski definition) is 3. The maximum atomic E-state index is 12.2. The summed E-state index contributed by atoms with van der Waals surface area (Å²) < 4.78 is 10.4. The first-order valence-electron chi connectivity index (χ1n) is 8.47. The van der Waals surface area contributed by atoms with Crippen molar-refractivity contribution in [3.8, 4) is 11.1 Å². The number of ether oxygens (including phenoxy) is 1. The lowest BCUT2D eigenvalue weighted by molar-refractivity contribution is -0.0532. The van der Waals surface area contributed by atoms with Crippen LogP contribution in [0.15, 0.2) is 53.2 Å². The van der Waals surface area contributed by atoms with Crippen LogP contribution in [0, 0.1) is 0 Å². The van der Waals surface area contributed by atoms with E-state index in [1.54, 1.807) is 18.3 Å². The minimum atomic E-state index is -0.408. The fraction of sp³-hybridized carbons (Fsp3) is 0.211. The van der Waals surface area contributed by atoms with Crippen LogP contribution >= 0.6 is 0 Å². The molecule has 0 aliphatic carbocycles.